The molecular formula is C21H22N2O6S2. The first-order valence-electron chi connectivity index (χ1n) is 9.84. The molecule has 2 aliphatic rings. The van der Waals surface area contributed by atoms with Crippen LogP contribution in [0.1, 0.15) is 10.4 Å². The van der Waals surface area contributed by atoms with Gasteiger partial charge in [0, 0.05) is 30.3 Å². The minimum absolute atomic E-state index is 0.0113. The quantitative estimate of drug-likeness (QED) is 0.628. The van der Waals surface area contributed by atoms with Crippen molar-refractivity contribution in [3.8, 4) is 0 Å². The van der Waals surface area contributed by atoms with Gasteiger partial charge in [-0.3, -0.25) is 4.79 Å². The van der Waals surface area contributed by atoms with Gasteiger partial charge in [-0.15, -0.1) is 11.8 Å². The van der Waals surface area contributed by atoms with E-state index in [-0.39, 0.29) is 29.5 Å². The molecule has 0 radical (unpaired) electrons. The summed E-state index contributed by atoms with van der Waals surface area (Å²) in [6.07, 6.45) is 0. The minimum atomic E-state index is -3.73. The largest absolute Gasteiger partial charge is 0.452 e. The van der Waals surface area contributed by atoms with Crippen LogP contribution in [-0.4, -0.2) is 69.8 Å². The number of amides is 1. The van der Waals surface area contributed by atoms with E-state index in [4.69, 9.17) is 9.47 Å². The fraction of sp³-hybridized carbons (Fsp3) is 0.333. The van der Waals surface area contributed by atoms with Gasteiger partial charge < -0.3 is 14.4 Å². The third-order valence-corrected chi connectivity index (χ3v) is 7.97. The zero-order valence-corrected chi connectivity index (χ0v) is 18.4. The number of hydrogen-bond acceptors (Lipinski definition) is 7. The Morgan fingerprint density at radius 3 is 2.61 bits per heavy atom. The van der Waals surface area contributed by atoms with Crippen LogP contribution in [0.3, 0.4) is 0 Å². The van der Waals surface area contributed by atoms with Crippen molar-refractivity contribution in [1.29, 1.82) is 0 Å². The Hall–Kier alpha value is -2.40. The van der Waals surface area contributed by atoms with Crippen LogP contribution in [0.2, 0.25) is 0 Å². The monoisotopic (exact) mass is 462 g/mol. The maximum atomic E-state index is 12.8. The number of rotatable bonds is 5. The van der Waals surface area contributed by atoms with Crippen molar-refractivity contribution in [3.05, 3.63) is 54.1 Å². The summed E-state index contributed by atoms with van der Waals surface area (Å²) in [5.41, 5.74) is 0.884. The Bertz CT molecular complexity index is 1080. The summed E-state index contributed by atoms with van der Waals surface area (Å²) in [6, 6.07) is 13.3. The molecule has 10 heteroatoms. The Labute approximate surface area is 185 Å². The third-order valence-electron chi connectivity index (χ3n) is 5.03. The van der Waals surface area contributed by atoms with Crippen LogP contribution in [0.5, 0.6) is 0 Å². The molecule has 164 valence electrons. The Balaban J connectivity index is 1.43. The Kier molecular flexibility index (Phi) is 6.61. The first-order chi connectivity index (χ1) is 15.0. The fourth-order valence-electron chi connectivity index (χ4n) is 3.44. The lowest BCUT2D eigenvalue weighted by Crippen LogP contribution is -2.40. The van der Waals surface area contributed by atoms with Gasteiger partial charge in [0.15, 0.2) is 6.61 Å². The zero-order valence-electron chi connectivity index (χ0n) is 16.7. The van der Waals surface area contributed by atoms with E-state index < -0.39 is 22.6 Å². The van der Waals surface area contributed by atoms with Gasteiger partial charge in [0.1, 0.15) is 0 Å². The lowest BCUT2D eigenvalue weighted by Gasteiger charge is -2.28. The van der Waals surface area contributed by atoms with Crippen LogP contribution < -0.4 is 4.90 Å². The summed E-state index contributed by atoms with van der Waals surface area (Å²) in [7, 11) is -3.73. The summed E-state index contributed by atoms with van der Waals surface area (Å²) in [5.74, 6) is -0.303. The zero-order chi connectivity index (χ0) is 21.8. The smallest absolute Gasteiger partial charge is 0.338 e. The van der Waals surface area contributed by atoms with Gasteiger partial charge in [-0.25, -0.2) is 13.2 Å². The van der Waals surface area contributed by atoms with Gasteiger partial charge in [-0.05, 0) is 30.3 Å². The number of carbonyl (C=O) groups excluding carboxylic acids is 2. The highest BCUT2D eigenvalue weighted by molar-refractivity contribution is 7.99. The average molecular weight is 463 g/mol. The molecule has 1 fully saturated rings. The molecule has 0 aromatic heterocycles. The lowest BCUT2D eigenvalue weighted by atomic mass is 10.2. The van der Waals surface area contributed by atoms with Crippen molar-refractivity contribution >= 4 is 39.3 Å². The molecule has 0 unspecified atom stereocenters. The molecule has 0 spiro atoms. The standard InChI is InChI=1S/C21H22N2O6S2/c24-20(23-10-13-30-19-7-2-1-6-18(19)23)15-29-21(25)16-4-3-5-17(14-16)31(26,27)22-8-11-28-12-9-22/h1-7,14H,8-13,15H2. The predicted molar refractivity (Wildman–Crippen MR) is 116 cm³/mol. The van der Waals surface area contributed by atoms with Gasteiger partial charge in [0.05, 0.1) is 29.4 Å². The molecule has 1 saturated heterocycles. The van der Waals surface area contributed by atoms with Crippen LogP contribution in [0, 0.1) is 0 Å². The lowest BCUT2D eigenvalue weighted by molar-refractivity contribution is -0.121. The summed E-state index contributed by atoms with van der Waals surface area (Å²) in [4.78, 5) is 27.8. The number of thioether (sulfide) groups is 1. The first kappa shape index (κ1) is 21.8. The number of para-hydroxylation sites is 1. The minimum Gasteiger partial charge on any atom is -0.452 e. The SMILES string of the molecule is O=C(OCC(=O)N1CCSc2ccccc21)c1cccc(S(=O)(=O)N2CCOCC2)c1. The van der Waals surface area contributed by atoms with E-state index in [0.29, 0.717) is 19.8 Å². The second kappa shape index (κ2) is 9.39. The number of morpholine rings is 1. The summed E-state index contributed by atoms with van der Waals surface area (Å²) < 4.78 is 37.4. The van der Waals surface area contributed by atoms with Crippen LogP contribution in [0.4, 0.5) is 5.69 Å². The number of carbonyl (C=O) groups is 2. The van der Waals surface area contributed by atoms with Crippen LogP contribution in [-0.2, 0) is 24.3 Å². The van der Waals surface area contributed by atoms with Crippen molar-refractivity contribution < 1.29 is 27.5 Å². The van der Waals surface area contributed by atoms with Crippen molar-refractivity contribution in [2.24, 2.45) is 0 Å². The summed E-state index contributed by atoms with van der Waals surface area (Å²) >= 11 is 1.68. The molecule has 0 saturated carbocycles. The number of esters is 1. The van der Waals surface area contributed by atoms with Gasteiger partial charge >= 0.3 is 5.97 Å². The molecule has 2 aliphatic heterocycles. The predicted octanol–water partition coefficient (Wildman–Crippen LogP) is 2.00. The first-order valence-corrected chi connectivity index (χ1v) is 12.3. The maximum absolute atomic E-state index is 12.8. The Morgan fingerprint density at radius 1 is 1.03 bits per heavy atom. The van der Waals surface area contributed by atoms with Gasteiger partial charge in [-0.2, -0.15) is 4.31 Å². The van der Waals surface area contributed by atoms with E-state index in [0.717, 1.165) is 16.3 Å². The van der Waals surface area contributed by atoms with E-state index in [1.54, 1.807) is 16.7 Å². The molecular weight excluding hydrogens is 440 g/mol. The number of nitrogens with zero attached hydrogens (tertiary/aromatic N) is 2. The number of hydrogen-bond donors (Lipinski definition) is 0. The van der Waals surface area contributed by atoms with Crippen molar-refractivity contribution in [2.75, 3.05) is 50.1 Å². The van der Waals surface area contributed by atoms with Gasteiger partial charge in [0.2, 0.25) is 10.0 Å². The second-order valence-corrected chi connectivity index (χ2v) is 10.1. The van der Waals surface area contributed by atoms with E-state index in [2.05, 4.69) is 0 Å². The highest BCUT2D eigenvalue weighted by Gasteiger charge is 2.28. The molecule has 2 aromatic carbocycles. The van der Waals surface area contributed by atoms with Crippen molar-refractivity contribution in [2.45, 2.75) is 9.79 Å². The van der Waals surface area contributed by atoms with Crippen molar-refractivity contribution in [3.63, 3.8) is 0 Å². The molecule has 1 amide bonds. The maximum Gasteiger partial charge on any atom is 0.338 e. The molecule has 0 bridgehead atoms. The summed E-state index contributed by atoms with van der Waals surface area (Å²) in [5, 5.41) is 0. The normalized spacial score (nSPS) is 17.1. The molecule has 0 N–H and O–H groups in total. The van der Waals surface area contributed by atoms with Gasteiger partial charge in [-0.1, -0.05) is 18.2 Å². The number of fused-ring (bicyclic) bond motifs is 1. The molecule has 8 nitrogen and oxygen atoms in total. The highest BCUT2D eigenvalue weighted by Crippen LogP contribution is 2.34. The molecule has 2 heterocycles. The van der Waals surface area contributed by atoms with Crippen LogP contribution in [0.15, 0.2) is 58.3 Å². The molecule has 2 aromatic rings. The number of benzene rings is 2. The number of sulfonamides is 1. The van der Waals surface area contributed by atoms with E-state index in [1.807, 2.05) is 24.3 Å². The molecule has 0 aliphatic carbocycles. The third kappa shape index (κ3) is 4.77. The van der Waals surface area contributed by atoms with Gasteiger partial charge in [0.25, 0.3) is 5.91 Å². The van der Waals surface area contributed by atoms with Crippen LogP contribution in [0.25, 0.3) is 0 Å². The van der Waals surface area contributed by atoms with E-state index in [1.165, 1.54) is 28.6 Å². The molecule has 0 atom stereocenters. The fourth-order valence-corrected chi connectivity index (χ4v) is 5.89. The highest BCUT2D eigenvalue weighted by atomic mass is 32.2. The average Bonchev–Trinajstić information content (AvgIpc) is 2.82. The van der Waals surface area contributed by atoms with Crippen molar-refractivity contribution in [1.82, 2.24) is 4.31 Å². The van der Waals surface area contributed by atoms with E-state index >= 15 is 0 Å². The second-order valence-electron chi connectivity index (χ2n) is 6.98. The number of anilines is 1. The van der Waals surface area contributed by atoms with E-state index in [9.17, 15) is 18.0 Å². The molecule has 4 rings (SSSR count). The summed E-state index contributed by atoms with van der Waals surface area (Å²) in [6.45, 7) is 1.31. The van der Waals surface area contributed by atoms with Crippen LogP contribution >= 0.6 is 11.8 Å². The Morgan fingerprint density at radius 2 is 1.81 bits per heavy atom. The number of ether oxygens (including phenoxy) is 2. The molecule has 31 heavy (non-hydrogen) atoms. The topological polar surface area (TPSA) is 93.2 Å².